The summed E-state index contributed by atoms with van der Waals surface area (Å²) in [6.45, 7) is 8.08. The van der Waals surface area contributed by atoms with Gasteiger partial charge in [0.1, 0.15) is 0 Å². The maximum Gasteiger partial charge on any atom is 0.197 e. The van der Waals surface area contributed by atoms with Crippen molar-refractivity contribution in [2.45, 2.75) is 13.8 Å². The van der Waals surface area contributed by atoms with Crippen LogP contribution in [0.3, 0.4) is 0 Å². The number of nitrogens with one attached hydrogen (secondary N) is 1. The Morgan fingerprint density at radius 2 is 1.72 bits per heavy atom. The van der Waals surface area contributed by atoms with Crippen LogP contribution in [0, 0.1) is 0 Å². The third-order valence-electron chi connectivity index (χ3n) is 5.07. The molecule has 3 N–H and O–H groups in total. The van der Waals surface area contributed by atoms with Gasteiger partial charge in [0.25, 0.3) is 0 Å². The minimum absolute atomic E-state index is 0. The number of fused-ring (bicyclic) bond motifs is 2. The molecule has 3 rings (SSSR count). The van der Waals surface area contributed by atoms with E-state index in [1.54, 1.807) is 11.3 Å². The lowest BCUT2D eigenvalue weighted by Gasteiger charge is -2.19. The first-order valence-electron chi connectivity index (χ1n) is 10.0. The zero-order valence-electron chi connectivity index (χ0n) is 18.9. The Morgan fingerprint density at radius 3 is 2.34 bits per heavy atom. The molecular formula is C23H33Cl3N4OS. The van der Waals surface area contributed by atoms with E-state index in [1.807, 2.05) is 61.6 Å². The number of benzene rings is 2. The maximum atomic E-state index is 13.4. The highest BCUT2D eigenvalue weighted by Crippen LogP contribution is 2.34. The normalized spacial score (nSPS) is 11.0. The zero-order chi connectivity index (χ0) is 21.0. The summed E-state index contributed by atoms with van der Waals surface area (Å²) >= 11 is 1.62. The van der Waals surface area contributed by atoms with Crippen LogP contribution in [-0.4, -0.2) is 50.1 Å². The van der Waals surface area contributed by atoms with Crippen LogP contribution in [0.4, 0.5) is 5.69 Å². The van der Waals surface area contributed by atoms with E-state index < -0.39 is 0 Å². The quantitative estimate of drug-likeness (QED) is 0.398. The smallest absolute Gasteiger partial charge is 0.197 e. The minimum Gasteiger partial charge on any atom is -0.397 e. The van der Waals surface area contributed by atoms with Crippen LogP contribution >= 0.6 is 48.6 Å². The second kappa shape index (κ2) is 13.8. The SMILES string of the molecule is CCN(CC)CCNc1ccc(C(N)=CN(C)C)c2sc3ccccc3c(=O)c12.Cl.Cl.Cl. The van der Waals surface area contributed by atoms with E-state index in [0.29, 0.717) is 5.70 Å². The first-order chi connectivity index (χ1) is 14.0. The second-order valence-corrected chi connectivity index (χ2v) is 8.35. The molecule has 0 aliphatic rings. The summed E-state index contributed by atoms with van der Waals surface area (Å²) in [7, 11) is 3.88. The van der Waals surface area contributed by atoms with Crippen molar-refractivity contribution in [3.05, 3.63) is 58.4 Å². The number of likely N-dealkylation sites (N-methyl/N-ethyl adjacent to an activating group) is 1. The summed E-state index contributed by atoms with van der Waals surface area (Å²) in [5, 5.41) is 4.97. The summed E-state index contributed by atoms with van der Waals surface area (Å²) in [6.07, 6.45) is 1.88. The molecule has 2 aromatic carbocycles. The molecule has 0 unspecified atom stereocenters. The molecule has 0 amide bonds. The topological polar surface area (TPSA) is 61.6 Å². The highest BCUT2D eigenvalue weighted by Gasteiger charge is 2.15. The van der Waals surface area contributed by atoms with Gasteiger partial charge in [-0.15, -0.1) is 48.6 Å². The maximum absolute atomic E-state index is 13.4. The molecule has 9 heteroatoms. The van der Waals surface area contributed by atoms with Gasteiger partial charge in [0.15, 0.2) is 5.43 Å². The first kappa shape index (κ1) is 30.3. The molecule has 0 fully saturated rings. The molecule has 0 bridgehead atoms. The molecule has 3 aromatic rings. The molecule has 0 saturated carbocycles. The molecule has 0 atom stereocenters. The number of hydrogen-bond donors (Lipinski definition) is 2. The molecule has 1 heterocycles. The summed E-state index contributed by atoms with van der Waals surface area (Å²) in [6, 6.07) is 11.8. The summed E-state index contributed by atoms with van der Waals surface area (Å²) in [5.41, 5.74) is 8.86. The summed E-state index contributed by atoms with van der Waals surface area (Å²) in [4.78, 5) is 17.7. The van der Waals surface area contributed by atoms with E-state index in [9.17, 15) is 4.79 Å². The Hall–Kier alpha value is -1.70. The minimum atomic E-state index is 0. The Kier molecular flexibility index (Phi) is 13.0. The number of nitrogens with two attached hydrogens (primary N) is 1. The van der Waals surface area contributed by atoms with E-state index in [4.69, 9.17) is 5.73 Å². The van der Waals surface area contributed by atoms with Gasteiger partial charge in [-0.2, -0.15) is 0 Å². The highest BCUT2D eigenvalue weighted by atomic mass is 35.5. The lowest BCUT2D eigenvalue weighted by Crippen LogP contribution is -2.28. The van der Waals surface area contributed by atoms with Gasteiger partial charge in [-0.3, -0.25) is 4.79 Å². The van der Waals surface area contributed by atoms with Crippen molar-refractivity contribution < 1.29 is 0 Å². The summed E-state index contributed by atoms with van der Waals surface area (Å²) in [5.74, 6) is 0. The van der Waals surface area contributed by atoms with Gasteiger partial charge in [-0.1, -0.05) is 26.0 Å². The van der Waals surface area contributed by atoms with Crippen molar-refractivity contribution in [3.8, 4) is 0 Å². The average molecular weight is 520 g/mol. The van der Waals surface area contributed by atoms with Crippen molar-refractivity contribution in [1.82, 2.24) is 9.80 Å². The van der Waals surface area contributed by atoms with E-state index in [0.717, 1.165) is 57.6 Å². The Bertz CT molecular complexity index is 1100. The Balaban J connectivity index is 0.00000320. The van der Waals surface area contributed by atoms with Crippen LogP contribution in [0.2, 0.25) is 0 Å². The molecule has 0 spiro atoms. The third-order valence-corrected chi connectivity index (χ3v) is 6.28. The van der Waals surface area contributed by atoms with Crippen LogP contribution in [0.1, 0.15) is 19.4 Å². The van der Waals surface area contributed by atoms with E-state index in [-0.39, 0.29) is 42.6 Å². The van der Waals surface area contributed by atoms with Gasteiger partial charge in [-0.25, -0.2) is 0 Å². The molecule has 1 aromatic heterocycles. The fourth-order valence-electron chi connectivity index (χ4n) is 3.51. The summed E-state index contributed by atoms with van der Waals surface area (Å²) < 4.78 is 1.90. The molecule has 0 radical (unpaired) electrons. The fraction of sp³-hybridized carbons (Fsp3) is 0.348. The van der Waals surface area contributed by atoms with Crippen LogP contribution in [0.25, 0.3) is 25.9 Å². The Labute approximate surface area is 212 Å². The average Bonchev–Trinajstić information content (AvgIpc) is 2.70. The Morgan fingerprint density at radius 1 is 1.06 bits per heavy atom. The zero-order valence-corrected chi connectivity index (χ0v) is 22.1. The number of rotatable bonds is 8. The number of nitrogens with zero attached hydrogens (tertiary/aromatic N) is 2. The molecular weight excluding hydrogens is 487 g/mol. The van der Waals surface area contributed by atoms with Crippen molar-refractivity contribution in [2.24, 2.45) is 5.73 Å². The first-order valence-corrected chi connectivity index (χ1v) is 10.9. The van der Waals surface area contributed by atoms with E-state index >= 15 is 0 Å². The number of anilines is 1. The van der Waals surface area contributed by atoms with Crippen molar-refractivity contribution >= 4 is 80.1 Å². The fourth-order valence-corrected chi connectivity index (χ4v) is 4.75. The highest BCUT2D eigenvalue weighted by molar-refractivity contribution is 7.24. The van der Waals surface area contributed by atoms with Crippen molar-refractivity contribution in [2.75, 3.05) is 45.6 Å². The van der Waals surface area contributed by atoms with Crippen molar-refractivity contribution in [3.63, 3.8) is 0 Å². The molecule has 0 aliphatic carbocycles. The number of hydrogen-bond acceptors (Lipinski definition) is 6. The standard InChI is InChI=1S/C23H30N4OS.3ClH/c1-5-27(6-2)14-13-25-19-12-11-16(18(24)15-26(3)4)23-21(19)22(28)17-9-7-8-10-20(17)29-23;;;/h7-12,15,25H,5-6,13-14,24H2,1-4H3;3*1H. The molecule has 32 heavy (non-hydrogen) atoms. The van der Waals surface area contributed by atoms with Gasteiger partial charge in [0.05, 0.1) is 15.8 Å². The molecule has 5 nitrogen and oxygen atoms in total. The van der Waals surface area contributed by atoms with Crippen LogP contribution < -0.4 is 16.5 Å². The predicted molar refractivity (Wildman–Crippen MR) is 149 cm³/mol. The lowest BCUT2D eigenvalue weighted by molar-refractivity contribution is 0.316. The van der Waals surface area contributed by atoms with Crippen LogP contribution in [0.15, 0.2) is 47.4 Å². The van der Waals surface area contributed by atoms with Gasteiger partial charge in [0, 0.05) is 54.7 Å². The van der Waals surface area contributed by atoms with Gasteiger partial charge in [-0.05, 0) is 37.4 Å². The molecule has 0 aliphatic heterocycles. The van der Waals surface area contributed by atoms with Crippen molar-refractivity contribution in [1.29, 1.82) is 0 Å². The molecule has 178 valence electrons. The van der Waals surface area contributed by atoms with Gasteiger partial charge >= 0.3 is 0 Å². The lowest BCUT2D eigenvalue weighted by atomic mass is 10.1. The van der Waals surface area contributed by atoms with E-state index in [2.05, 4.69) is 24.1 Å². The largest absolute Gasteiger partial charge is 0.397 e. The third kappa shape index (κ3) is 6.65. The molecule has 0 saturated heterocycles. The van der Waals surface area contributed by atoms with Crippen LogP contribution in [0.5, 0.6) is 0 Å². The monoisotopic (exact) mass is 518 g/mol. The van der Waals surface area contributed by atoms with Crippen LogP contribution in [-0.2, 0) is 0 Å². The van der Waals surface area contributed by atoms with Gasteiger partial charge < -0.3 is 20.9 Å². The van der Waals surface area contributed by atoms with E-state index in [1.165, 1.54) is 0 Å². The predicted octanol–water partition coefficient (Wildman–Crippen LogP) is 5.25. The number of halogens is 3. The van der Waals surface area contributed by atoms with Gasteiger partial charge in [0.2, 0.25) is 0 Å². The second-order valence-electron chi connectivity index (χ2n) is 7.29.